The minimum Gasteiger partial charge on any atom is -0.326 e. The topological polar surface area (TPSA) is 75.3 Å². The third-order valence-electron chi connectivity index (χ3n) is 4.14. The van der Waals surface area contributed by atoms with Gasteiger partial charge in [0.15, 0.2) is 0 Å². The zero-order valence-corrected chi connectivity index (χ0v) is 18.3. The van der Waals surface area contributed by atoms with E-state index in [1.165, 1.54) is 24.3 Å². The molecule has 8 heteroatoms. The van der Waals surface area contributed by atoms with Crippen LogP contribution in [0.1, 0.15) is 18.0 Å². The van der Waals surface area contributed by atoms with Gasteiger partial charge in [0.05, 0.1) is 10.9 Å². The van der Waals surface area contributed by atoms with Crippen molar-refractivity contribution >= 4 is 49.1 Å². The quantitative estimate of drug-likeness (QED) is 0.478. The van der Waals surface area contributed by atoms with Crippen molar-refractivity contribution in [3.8, 4) is 0 Å². The Hall–Kier alpha value is -2.19. The maximum atomic E-state index is 12.8. The molecule has 0 saturated heterocycles. The van der Waals surface area contributed by atoms with Crippen LogP contribution in [0.5, 0.6) is 0 Å². The molecule has 0 heterocycles. The summed E-state index contributed by atoms with van der Waals surface area (Å²) in [6.45, 7) is 0. The molecule has 0 saturated carbocycles. The fourth-order valence-corrected chi connectivity index (χ4v) is 4.33. The molecule has 2 N–H and O–H groups in total. The van der Waals surface area contributed by atoms with Crippen molar-refractivity contribution < 1.29 is 13.2 Å². The molecule has 0 spiro atoms. The molecule has 0 aliphatic heterocycles. The summed E-state index contributed by atoms with van der Waals surface area (Å²) in [5.41, 5.74) is 1.32. The molecular weight excluding hydrogens is 476 g/mol. The van der Waals surface area contributed by atoms with Crippen LogP contribution in [0.4, 0.5) is 5.69 Å². The van der Waals surface area contributed by atoms with Crippen LogP contribution in [0, 0.1) is 0 Å². The van der Waals surface area contributed by atoms with E-state index in [9.17, 15) is 13.2 Å². The van der Waals surface area contributed by atoms with Crippen LogP contribution < -0.4 is 10.0 Å². The molecule has 0 fully saturated rings. The molecule has 150 valence electrons. The molecule has 0 aromatic heterocycles. The van der Waals surface area contributed by atoms with E-state index in [2.05, 4.69) is 26.0 Å². The molecule has 5 nitrogen and oxygen atoms in total. The third kappa shape index (κ3) is 6.14. The van der Waals surface area contributed by atoms with Crippen molar-refractivity contribution in [1.29, 1.82) is 0 Å². The van der Waals surface area contributed by atoms with Crippen molar-refractivity contribution in [2.24, 2.45) is 0 Å². The zero-order chi connectivity index (χ0) is 20.9. The molecule has 1 amide bonds. The maximum Gasteiger partial charge on any atom is 0.241 e. The predicted octanol–water partition coefficient (Wildman–Crippen LogP) is 5.15. The molecule has 3 aromatic rings. The minimum absolute atomic E-state index is 0.0626. The first-order valence-electron chi connectivity index (χ1n) is 8.72. The van der Waals surface area contributed by atoms with E-state index in [0.29, 0.717) is 16.3 Å². The molecule has 3 rings (SSSR count). The van der Waals surface area contributed by atoms with Crippen molar-refractivity contribution in [2.75, 3.05) is 5.32 Å². The summed E-state index contributed by atoms with van der Waals surface area (Å²) >= 11 is 9.19. The summed E-state index contributed by atoms with van der Waals surface area (Å²) in [6.07, 6.45) is -0.0626. The summed E-state index contributed by atoms with van der Waals surface area (Å²) in [4.78, 5) is 12.7. The van der Waals surface area contributed by atoms with E-state index in [1.54, 1.807) is 36.4 Å². The van der Waals surface area contributed by atoms with Gasteiger partial charge in [0.1, 0.15) is 0 Å². The number of hydrogen-bond acceptors (Lipinski definition) is 3. The summed E-state index contributed by atoms with van der Waals surface area (Å²) in [6, 6.07) is 21.3. The van der Waals surface area contributed by atoms with Gasteiger partial charge in [-0.15, -0.1) is 0 Å². The predicted molar refractivity (Wildman–Crippen MR) is 118 cm³/mol. The van der Waals surface area contributed by atoms with Gasteiger partial charge in [-0.25, -0.2) is 13.1 Å². The number of benzene rings is 3. The number of carbonyl (C=O) groups excluding carboxylic acids is 1. The summed E-state index contributed by atoms with van der Waals surface area (Å²) in [5.74, 6) is -0.306. The van der Waals surface area contributed by atoms with Crippen LogP contribution in [-0.2, 0) is 14.8 Å². The van der Waals surface area contributed by atoms with Crippen LogP contribution in [0.15, 0.2) is 88.2 Å². The van der Waals surface area contributed by atoms with Crippen LogP contribution >= 0.6 is 27.5 Å². The van der Waals surface area contributed by atoms with Crippen LogP contribution in [0.3, 0.4) is 0 Å². The third-order valence-corrected chi connectivity index (χ3v) is 6.41. The van der Waals surface area contributed by atoms with Gasteiger partial charge < -0.3 is 5.32 Å². The fourth-order valence-electron chi connectivity index (χ4n) is 2.71. The van der Waals surface area contributed by atoms with Gasteiger partial charge in [0, 0.05) is 21.6 Å². The number of amides is 1. The lowest BCUT2D eigenvalue weighted by atomic mass is 10.0. The highest BCUT2D eigenvalue weighted by molar-refractivity contribution is 9.10. The smallest absolute Gasteiger partial charge is 0.241 e. The number of carbonyl (C=O) groups is 1. The van der Waals surface area contributed by atoms with Crippen molar-refractivity contribution in [2.45, 2.75) is 17.4 Å². The van der Waals surface area contributed by atoms with Gasteiger partial charge in [-0.3, -0.25) is 4.79 Å². The Morgan fingerprint density at radius 1 is 0.931 bits per heavy atom. The molecule has 1 atom stereocenters. The Kier molecular flexibility index (Phi) is 7.08. The lowest BCUT2D eigenvalue weighted by molar-refractivity contribution is -0.116. The molecule has 0 radical (unpaired) electrons. The average molecular weight is 494 g/mol. The van der Waals surface area contributed by atoms with E-state index < -0.39 is 16.1 Å². The lowest BCUT2D eigenvalue weighted by Crippen LogP contribution is -2.31. The molecule has 0 bridgehead atoms. The van der Waals surface area contributed by atoms with E-state index in [0.717, 1.165) is 4.47 Å². The highest BCUT2D eigenvalue weighted by atomic mass is 79.9. The second kappa shape index (κ2) is 9.54. The Morgan fingerprint density at radius 2 is 1.55 bits per heavy atom. The molecule has 29 heavy (non-hydrogen) atoms. The van der Waals surface area contributed by atoms with Gasteiger partial charge in [0.2, 0.25) is 15.9 Å². The summed E-state index contributed by atoms with van der Waals surface area (Å²) in [7, 11) is -3.84. The van der Waals surface area contributed by atoms with Crippen molar-refractivity contribution in [1.82, 2.24) is 4.72 Å². The number of hydrogen-bond donors (Lipinski definition) is 2. The average Bonchev–Trinajstić information content (AvgIpc) is 2.70. The summed E-state index contributed by atoms with van der Waals surface area (Å²) < 4.78 is 29.2. The van der Waals surface area contributed by atoms with Crippen LogP contribution in [-0.4, -0.2) is 14.3 Å². The first-order valence-corrected chi connectivity index (χ1v) is 11.4. The van der Waals surface area contributed by atoms with Crippen LogP contribution in [0.25, 0.3) is 0 Å². The SMILES string of the molecule is O=C(CC(NS(=O)(=O)c1ccc(Cl)cc1)c1ccccc1)Nc1ccc(Br)cc1. The second-order valence-electron chi connectivity index (χ2n) is 6.30. The largest absolute Gasteiger partial charge is 0.326 e. The van der Waals surface area contributed by atoms with Crippen LogP contribution in [0.2, 0.25) is 5.02 Å². The molecule has 1 unspecified atom stereocenters. The van der Waals surface area contributed by atoms with E-state index in [1.807, 2.05) is 18.2 Å². The van der Waals surface area contributed by atoms with Gasteiger partial charge in [-0.1, -0.05) is 57.9 Å². The first-order chi connectivity index (χ1) is 13.8. The second-order valence-corrected chi connectivity index (χ2v) is 9.36. The molecule has 0 aliphatic rings. The normalized spacial score (nSPS) is 12.3. The van der Waals surface area contributed by atoms with E-state index >= 15 is 0 Å². The fraction of sp³-hybridized carbons (Fsp3) is 0.0952. The number of nitrogens with one attached hydrogen (secondary N) is 2. The van der Waals surface area contributed by atoms with Gasteiger partial charge in [-0.05, 0) is 54.1 Å². The Bertz CT molecular complexity index is 1070. The highest BCUT2D eigenvalue weighted by Gasteiger charge is 2.23. The lowest BCUT2D eigenvalue weighted by Gasteiger charge is -2.19. The van der Waals surface area contributed by atoms with Crippen molar-refractivity contribution in [3.63, 3.8) is 0 Å². The first kappa shape index (κ1) is 21.5. The Balaban J connectivity index is 1.80. The van der Waals surface area contributed by atoms with Gasteiger partial charge in [-0.2, -0.15) is 0 Å². The van der Waals surface area contributed by atoms with E-state index in [4.69, 9.17) is 11.6 Å². The zero-order valence-electron chi connectivity index (χ0n) is 15.2. The minimum atomic E-state index is -3.84. The number of halogens is 2. The molecule has 0 aliphatic carbocycles. The maximum absolute atomic E-state index is 12.8. The van der Waals surface area contributed by atoms with Gasteiger partial charge in [0.25, 0.3) is 0 Å². The van der Waals surface area contributed by atoms with E-state index in [-0.39, 0.29) is 17.2 Å². The Morgan fingerprint density at radius 3 is 2.17 bits per heavy atom. The summed E-state index contributed by atoms with van der Waals surface area (Å²) in [5, 5.41) is 3.23. The Labute approximate surface area is 183 Å². The molecule has 3 aromatic carbocycles. The highest BCUT2D eigenvalue weighted by Crippen LogP contribution is 2.22. The number of sulfonamides is 1. The standard InChI is InChI=1S/C21H18BrClN2O3S/c22-16-6-10-18(11-7-16)24-21(26)14-20(15-4-2-1-3-5-15)25-29(27,28)19-12-8-17(23)9-13-19/h1-13,20,25H,14H2,(H,24,26). The number of anilines is 1. The monoisotopic (exact) mass is 492 g/mol. The molecular formula is C21H18BrClN2O3S. The van der Waals surface area contributed by atoms with Gasteiger partial charge >= 0.3 is 0 Å². The number of rotatable bonds is 7. The van der Waals surface area contributed by atoms with Crippen molar-refractivity contribution in [3.05, 3.63) is 93.9 Å².